The predicted octanol–water partition coefficient (Wildman–Crippen LogP) is 4.02. The minimum Gasteiger partial charge on any atom is -0.497 e. The van der Waals surface area contributed by atoms with Crippen LogP contribution in [0.1, 0.15) is 23.1 Å². The molecule has 1 fully saturated rings. The standard InChI is InChI=1S/C24H28N2O3/c1-17-4-3-5-18(12-17)14-26-20-15-28-24(29-16-20)9-6-19-10-11-25-23-8-7-21(27-2)13-22(19)23/h3-5,7-8,10-13,20,24,26H,6,9,14-16H2,1-2H3. The maximum Gasteiger partial charge on any atom is 0.158 e. The Morgan fingerprint density at radius 1 is 1.10 bits per heavy atom. The molecule has 1 aliphatic rings. The van der Waals surface area contributed by atoms with Gasteiger partial charge in [-0.05, 0) is 48.7 Å². The number of methoxy groups -OCH3 is 1. The van der Waals surface area contributed by atoms with E-state index in [0.29, 0.717) is 13.2 Å². The molecule has 5 nitrogen and oxygen atoms in total. The molecule has 1 N–H and O–H groups in total. The van der Waals surface area contributed by atoms with Crippen molar-refractivity contribution in [2.24, 2.45) is 0 Å². The van der Waals surface area contributed by atoms with Crippen LogP contribution in [0.25, 0.3) is 10.9 Å². The molecular weight excluding hydrogens is 364 g/mol. The monoisotopic (exact) mass is 392 g/mol. The molecule has 2 aromatic carbocycles. The van der Waals surface area contributed by atoms with E-state index < -0.39 is 0 Å². The summed E-state index contributed by atoms with van der Waals surface area (Å²) in [7, 11) is 1.68. The molecule has 0 atom stereocenters. The Morgan fingerprint density at radius 2 is 1.97 bits per heavy atom. The van der Waals surface area contributed by atoms with Crippen molar-refractivity contribution in [1.29, 1.82) is 0 Å². The molecule has 0 bridgehead atoms. The second-order valence-corrected chi connectivity index (χ2v) is 7.55. The Labute approximate surface area is 172 Å². The van der Waals surface area contributed by atoms with Crippen LogP contribution in [0.15, 0.2) is 54.7 Å². The van der Waals surface area contributed by atoms with Gasteiger partial charge in [0.1, 0.15) is 5.75 Å². The Balaban J connectivity index is 1.27. The number of pyridine rings is 1. The number of hydrogen-bond donors (Lipinski definition) is 1. The van der Waals surface area contributed by atoms with Crippen LogP contribution in [0, 0.1) is 6.92 Å². The highest BCUT2D eigenvalue weighted by molar-refractivity contribution is 5.83. The van der Waals surface area contributed by atoms with Gasteiger partial charge in [-0.15, -0.1) is 0 Å². The van der Waals surface area contributed by atoms with Crippen LogP contribution in [-0.2, 0) is 22.4 Å². The van der Waals surface area contributed by atoms with Gasteiger partial charge < -0.3 is 19.5 Å². The highest BCUT2D eigenvalue weighted by Gasteiger charge is 2.22. The van der Waals surface area contributed by atoms with Crippen molar-refractivity contribution in [1.82, 2.24) is 10.3 Å². The number of fused-ring (bicyclic) bond motifs is 1. The van der Waals surface area contributed by atoms with Gasteiger partial charge in [0, 0.05) is 24.5 Å². The molecule has 0 saturated carbocycles. The Hall–Kier alpha value is -2.47. The lowest BCUT2D eigenvalue weighted by Crippen LogP contribution is -2.44. The van der Waals surface area contributed by atoms with Crippen LogP contribution >= 0.6 is 0 Å². The number of aromatic nitrogens is 1. The summed E-state index contributed by atoms with van der Waals surface area (Å²) in [6.45, 7) is 4.28. The van der Waals surface area contributed by atoms with E-state index in [9.17, 15) is 0 Å². The molecule has 29 heavy (non-hydrogen) atoms. The van der Waals surface area contributed by atoms with E-state index in [4.69, 9.17) is 14.2 Å². The lowest BCUT2D eigenvalue weighted by molar-refractivity contribution is -0.192. The second kappa shape index (κ2) is 9.35. The van der Waals surface area contributed by atoms with E-state index in [2.05, 4.69) is 47.6 Å². The van der Waals surface area contributed by atoms with Crippen LogP contribution in [0.3, 0.4) is 0 Å². The van der Waals surface area contributed by atoms with Crippen LogP contribution in [0.4, 0.5) is 0 Å². The molecule has 3 aromatic rings. The Kier molecular flexibility index (Phi) is 6.39. The molecule has 152 valence electrons. The zero-order chi connectivity index (χ0) is 20.1. The molecule has 1 aromatic heterocycles. The summed E-state index contributed by atoms with van der Waals surface area (Å²) < 4.78 is 17.3. The van der Waals surface area contributed by atoms with Gasteiger partial charge in [0.25, 0.3) is 0 Å². The average Bonchev–Trinajstić information content (AvgIpc) is 2.76. The summed E-state index contributed by atoms with van der Waals surface area (Å²) in [5.74, 6) is 0.847. The quantitative estimate of drug-likeness (QED) is 0.658. The summed E-state index contributed by atoms with van der Waals surface area (Å²) in [6.07, 6.45) is 3.39. The van der Waals surface area contributed by atoms with E-state index in [1.165, 1.54) is 16.7 Å². The van der Waals surface area contributed by atoms with Crippen LogP contribution in [0.2, 0.25) is 0 Å². The van der Waals surface area contributed by atoms with Gasteiger partial charge in [0.15, 0.2) is 6.29 Å². The summed E-state index contributed by atoms with van der Waals surface area (Å²) in [4.78, 5) is 4.45. The molecular formula is C24H28N2O3. The smallest absolute Gasteiger partial charge is 0.158 e. The molecule has 0 unspecified atom stereocenters. The van der Waals surface area contributed by atoms with Crippen LogP contribution < -0.4 is 10.1 Å². The Bertz CT molecular complexity index is 952. The lowest BCUT2D eigenvalue weighted by Gasteiger charge is -2.30. The normalized spacial score (nSPS) is 19.4. The minimum atomic E-state index is -0.166. The fraction of sp³-hybridized carbons (Fsp3) is 0.375. The highest BCUT2D eigenvalue weighted by atomic mass is 16.7. The van der Waals surface area contributed by atoms with Crippen molar-refractivity contribution in [2.45, 2.75) is 38.6 Å². The van der Waals surface area contributed by atoms with Crippen molar-refractivity contribution in [3.8, 4) is 5.75 Å². The number of nitrogens with one attached hydrogen (secondary N) is 1. The zero-order valence-corrected chi connectivity index (χ0v) is 17.1. The van der Waals surface area contributed by atoms with Gasteiger partial charge in [-0.3, -0.25) is 4.98 Å². The number of aryl methyl sites for hydroxylation is 2. The van der Waals surface area contributed by atoms with Gasteiger partial charge in [-0.1, -0.05) is 29.8 Å². The van der Waals surface area contributed by atoms with Crippen molar-refractivity contribution < 1.29 is 14.2 Å². The topological polar surface area (TPSA) is 52.6 Å². The highest BCUT2D eigenvalue weighted by Crippen LogP contribution is 2.24. The van der Waals surface area contributed by atoms with Gasteiger partial charge in [-0.25, -0.2) is 0 Å². The number of hydrogen-bond acceptors (Lipinski definition) is 5. The van der Waals surface area contributed by atoms with Crippen molar-refractivity contribution in [3.63, 3.8) is 0 Å². The molecule has 0 spiro atoms. The molecule has 0 radical (unpaired) electrons. The first-order valence-electron chi connectivity index (χ1n) is 10.1. The largest absolute Gasteiger partial charge is 0.497 e. The van der Waals surface area contributed by atoms with Crippen molar-refractivity contribution in [2.75, 3.05) is 20.3 Å². The maximum atomic E-state index is 5.96. The summed E-state index contributed by atoms with van der Waals surface area (Å²) in [5, 5.41) is 4.65. The third kappa shape index (κ3) is 5.12. The molecule has 0 amide bonds. The van der Waals surface area contributed by atoms with Crippen molar-refractivity contribution >= 4 is 10.9 Å². The minimum absolute atomic E-state index is 0.166. The molecule has 5 heteroatoms. The fourth-order valence-electron chi connectivity index (χ4n) is 3.71. The molecule has 0 aliphatic carbocycles. The zero-order valence-electron chi connectivity index (χ0n) is 17.1. The van der Waals surface area contributed by atoms with Gasteiger partial charge in [-0.2, -0.15) is 0 Å². The number of nitrogens with zero attached hydrogens (tertiary/aromatic N) is 1. The second-order valence-electron chi connectivity index (χ2n) is 7.55. The summed E-state index contributed by atoms with van der Waals surface area (Å²) >= 11 is 0. The number of rotatable bonds is 7. The van der Waals surface area contributed by atoms with E-state index in [1.807, 2.05) is 24.4 Å². The average molecular weight is 392 g/mol. The summed E-state index contributed by atoms with van der Waals surface area (Å²) in [6, 6.07) is 16.8. The first-order chi connectivity index (χ1) is 14.2. The number of ether oxygens (including phenoxy) is 3. The number of benzene rings is 2. The summed E-state index contributed by atoms with van der Waals surface area (Å²) in [5.41, 5.74) is 4.78. The van der Waals surface area contributed by atoms with E-state index >= 15 is 0 Å². The molecule has 1 aliphatic heterocycles. The maximum absolute atomic E-state index is 5.96. The molecule has 4 rings (SSSR count). The molecule has 1 saturated heterocycles. The third-order valence-corrected chi connectivity index (χ3v) is 5.33. The first kappa shape index (κ1) is 19.8. The predicted molar refractivity (Wildman–Crippen MR) is 114 cm³/mol. The van der Waals surface area contributed by atoms with Gasteiger partial charge in [0.2, 0.25) is 0 Å². The van der Waals surface area contributed by atoms with Gasteiger partial charge in [0.05, 0.1) is 31.9 Å². The van der Waals surface area contributed by atoms with Crippen LogP contribution in [-0.4, -0.2) is 37.6 Å². The SMILES string of the molecule is COc1ccc2nccc(CCC3OCC(NCc4cccc(C)c4)CO3)c2c1. The van der Waals surface area contributed by atoms with Crippen molar-refractivity contribution in [3.05, 3.63) is 71.4 Å². The Morgan fingerprint density at radius 3 is 2.76 bits per heavy atom. The van der Waals surface area contributed by atoms with Gasteiger partial charge >= 0.3 is 0 Å². The molecule has 2 heterocycles. The van der Waals surface area contributed by atoms with E-state index in [-0.39, 0.29) is 12.3 Å². The lowest BCUT2D eigenvalue weighted by atomic mass is 10.0. The first-order valence-corrected chi connectivity index (χ1v) is 10.1. The third-order valence-electron chi connectivity index (χ3n) is 5.33. The van der Waals surface area contributed by atoms with E-state index in [1.54, 1.807) is 7.11 Å². The fourth-order valence-corrected chi connectivity index (χ4v) is 3.71. The van der Waals surface area contributed by atoms with Crippen LogP contribution in [0.5, 0.6) is 5.75 Å². The van der Waals surface area contributed by atoms with E-state index in [0.717, 1.165) is 36.0 Å².